The minimum absolute atomic E-state index is 0.0441. The second kappa shape index (κ2) is 4.41. The number of nitrogens with two attached hydrogens (primary N) is 1. The van der Waals surface area contributed by atoms with Gasteiger partial charge in [-0.15, -0.1) is 0 Å². The molecule has 0 unspecified atom stereocenters. The maximum Gasteiger partial charge on any atom is 0.340 e. The van der Waals surface area contributed by atoms with Crippen LogP contribution >= 0.6 is 0 Å². The second-order valence-electron chi connectivity index (χ2n) is 2.75. The summed E-state index contributed by atoms with van der Waals surface area (Å²) in [6.07, 6.45) is 0. The lowest BCUT2D eigenvalue weighted by Gasteiger charge is -2.04. The molecule has 0 aliphatic heterocycles. The summed E-state index contributed by atoms with van der Waals surface area (Å²) in [7, 11) is 0. The number of benzene rings is 1. The quantitative estimate of drug-likeness (QED) is 0.351. The van der Waals surface area contributed by atoms with Gasteiger partial charge in [0, 0.05) is 12.1 Å². The molecule has 1 aromatic rings. The Kier molecular flexibility index (Phi) is 3.22. The van der Waals surface area contributed by atoms with Crippen molar-refractivity contribution in [1.82, 2.24) is 0 Å². The van der Waals surface area contributed by atoms with Gasteiger partial charge in [0.2, 0.25) is 0 Å². The summed E-state index contributed by atoms with van der Waals surface area (Å²) < 4.78 is 4.72. The molecule has 80 valence electrons. The maximum absolute atomic E-state index is 11.3. The zero-order valence-corrected chi connectivity index (χ0v) is 8.10. The molecule has 0 heterocycles. The van der Waals surface area contributed by atoms with Gasteiger partial charge in [0.05, 0.1) is 22.8 Å². The van der Waals surface area contributed by atoms with E-state index < -0.39 is 10.9 Å². The summed E-state index contributed by atoms with van der Waals surface area (Å²) in [5.41, 5.74) is 5.52. The number of carbonyl (C=O) groups is 1. The molecule has 0 spiro atoms. The summed E-state index contributed by atoms with van der Waals surface area (Å²) in [4.78, 5) is 21.1. The van der Waals surface area contributed by atoms with Crippen LogP contribution in [0.1, 0.15) is 17.3 Å². The van der Waals surface area contributed by atoms with Crippen molar-refractivity contribution in [2.45, 2.75) is 6.92 Å². The van der Waals surface area contributed by atoms with Crippen molar-refractivity contribution >= 4 is 17.3 Å². The van der Waals surface area contributed by atoms with Crippen LogP contribution in [-0.4, -0.2) is 17.5 Å². The Hall–Kier alpha value is -2.11. The summed E-state index contributed by atoms with van der Waals surface area (Å²) in [5, 5.41) is 10.4. The lowest BCUT2D eigenvalue weighted by molar-refractivity contribution is -0.384. The van der Waals surface area contributed by atoms with E-state index in [1.165, 1.54) is 12.1 Å². The fraction of sp³-hybridized carbons (Fsp3) is 0.222. The number of nitro benzene ring substituents is 1. The van der Waals surface area contributed by atoms with Crippen LogP contribution in [0.25, 0.3) is 0 Å². The van der Waals surface area contributed by atoms with Gasteiger partial charge < -0.3 is 10.5 Å². The van der Waals surface area contributed by atoms with E-state index in [1.54, 1.807) is 6.92 Å². The average molecular weight is 210 g/mol. The van der Waals surface area contributed by atoms with E-state index in [1.807, 2.05) is 0 Å². The molecule has 2 N–H and O–H groups in total. The molecule has 0 saturated heterocycles. The smallest absolute Gasteiger partial charge is 0.340 e. The molecule has 0 atom stereocenters. The Morgan fingerprint density at radius 2 is 2.27 bits per heavy atom. The van der Waals surface area contributed by atoms with E-state index in [0.717, 1.165) is 6.07 Å². The minimum atomic E-state index is -0.579. The van der Waals surface area contributed by atoms with E-state index >= 15 is 0 Å². The zero-order chi connectivity index (χ0) is 11.4. The number of nitrogen functional groups attached to an aromatic ring is 1. The normalized spacial score (nSPS) is 9.67. The molecule has 0 bridgehead atoms. The number of esters is 1. The SMILES string of the molecule is CCOC(=O)c1ccc([N+](=O)[O-])cc1N. The van der Waals surface area contributed by atoms with Crippen LogP contribution < -0.4 is 5.73 Å². The first-order chi connectivity index (χ1) is 7.06. The molecule has 1 aromatic carbocycles. The van der Waals surface area contributed by atoms with Crippen LogP contribution in [-0.2, 0) is 4.74 Å². The molecular weight excluding hydrogens is 200 g/mol. The van der Waals surface area contributed by atoms with Crippen LogP contribution in [0.4, 0.5) is 11.4 Å². The topological polar surface area (TPSA) is 95.5 Å². The molecule has 15 heavy (non-hydrogen) atoms. The second-order valence-corrected chi connectivity index (χ2v) is 2.75. The van der Waals surface area contributed by atoms with Gasteiger partial charge >= 0.3 is 5.97 Å². The van der Waals surface area contributed by atoms with E-state index in [-0.39, 0.29) is 23.5 Å². The molecule has 0 aromatic heterocycles. The molecule has 0 radical (unpaired) electrons. The van der Waals surface area contributed by atoms with Gasteiger partial charge in [-0.05, 0) is 13.0 Å². The lowest BCUT2D eigenvalue weighted by atomic mass is 10.1. The Morgan fingerprint density at radius 1 is 1.60 bits per heavy atom. The third-order valence-electron chi connectivity index (χ3n) is 1.74. The minimum Gasteiger partial charge on any atom is -0.462 e. The Balaban J connectivity index is 3.03. The van der Waals surface area contributed by atoms with E-state index in [2.05, 4.69) is 0 Å². The highest BCUT2D eigenvalue weighted by Crippen LogP contribution is 2.20. The van der Waals surface area contributed by atoms with Gasteiger partial charge in [-0.2, -0.15) is 0 Å². The largest absolute Gasteiger partial charge is 0.462 e. The number of non-ortho nitro benzene ring substituents is 1. The molecule has 1 rings (SSSR count). The first kappa shape index (κ1) is 11.0. The van der Waals surface area contributed by atoms with Crippen molar-refractivity contribution < 1.29 is 14.5 Å². The fourth-order valence-electron chi connectivity index (χ4n) is 1.06. The number of hydrogen-bond acceptors (Lipinski definition) is 5. The van der Waals surface area contributed by atoms with Gasteiger partial charge in [-0.1, -0.05) is 0 Å². The lowest BCUT2D eigenvalue weighted by Crippen LogP contribution is -2.08. The predicted octanol–water partition coefficient (Wildman–Crippen LogP) is 1.35. The molecule has 0 aliphatic rings. The summed E-state index contributed by atoms with van der Waals surface area (Å²) in [6, 6.07) is 3.63. The third-order valence-corrected chi connectivity index (χ3v) is 1.74. The first-order valence-corrected chi connectivity index (χ1v) is 4.27. The molecule has 0 aliphatic carbocycles. The number of rotatable bonds is 3. The molecule has 0 amide bonds. The van der Waals surface area contributed by atoms with Crippen LogP contribution in [0.15, 0.2) is 18.2 Å². The van der Waals surface area contributed by atoms with E-state index in [4.69, 9.17) is 10.5 Å². The van der Waals surface area contributed by atoms with Gasteiger partial charge in [-0.25, -0.2) is 4.79 Å². The third kappa shape index (κ3) is 2.43. The van der Waals surface area contributed by atoms with Crippen molar-refractivity contribution in [3.8, 4) is 0 Å². The van der Waals surface area contributed by atoms with Crippen LogP contribution in [0.3, 0.4) is 0 Å². The van der Waals surface area contributed by atoms with Crippen molar-refractivity contribution in [3.63, 3.8) is 0 Å². The van der Waals surface area contributed by atoms with E-state index in [9.17, 15) is 14.9 Å². The molecule has 0 fully saturated rings. The van der Waals surface area contributed by atoms with E-state index in [0.29, 0.717) is 0 Å². The number of anilines is 1. The van der Waals surface area contributed by atoms with Crippen LogP contribution in [0, 0.1) is 10.1 Å². The first-order valence-electron chi connectivity index (χ1n) is 4.27. The average Bonchev–Trinajstić information content (AvgIpc) is 2.17. The number of nitro groups is 1. The number of carbonyl (C=O) groups excluding carboxylic acids is 1. The highest BCUT2D eigenvalue weighted by molar-refractivity contribution is 5.95. The summed E-state index contributed by atoms with van der Waals surface area (Å²) in [5.74, 6) is -0.579. The summed E-state index contributed by atoms with van der Waals surface area (Å²) >= 11 is 0. The number of nitrogens with zero attached hydrogens (tertiary/aromatic N) is 1. The molecule has 6 nitrogen and oxygen atoms in total. The highest BCUT2D eigenvalue weighted by Gasteiger charge is 2.14. The van der Waals surface area contributed by atoms with Crippen molar-refractivity contribution in [2.24, 2.45) is 0 Å². The van der Waals surface area contributed by atoms with Crippen molar-refractivity contribution in [1.29, 1.82) is 0 Å². The predicted molar refractivity (Wildman–Crippen MR) is 53.5 cm³/mol. The molecular formula is C9H10N2O4. The number of hydrogen-bond donors (Lipinski definition) is 1. The molecule has 0 saturated carbocycles. The van der Waals surface area contributed by atoms with Gasteiger partial charge in [0.1, 0.15) is 0 Å². The summed E-state index contributed by atoms with van der Waals surface area (Å²) in [6.45, 7) is 1.90. The monoisotopic (exact) mass is 210 g/mol. The van der Waals surface area contributed by atoms with Gasteiger partial charge in [-0.3, -0.25) is 10.1 Å². The Morgan fingerprint density at radius 3 is 2.73 bits per heavy atom. The van der Waals surface area contributed by atoms with Crippen molar-refractivity contribution in [2.75, 3.05) is 12.3 Å². The van der Waals surface area contributed by atoms with Crippen LogP contribution in [0.5, 0.6) is 0 Å². The van der Waals surface area contributed by atoms with Crippen LogP contribution in [0.2, 0.25) is 0 Å². The standard InChI is InChI=1S/C9H10N2O4/c1-2-15-9(12)7-4-3-6(11(13)14)5-8(7)10/h3-5H,2,10H2,1H3. The van der Waals surface area contributed by atoms with Gasteiger partial charge in [0.15, 0.2) is 0 Å². The zero-order valence-electron chi connectivity index (χ0n) is 8.10. The van der Waals surface area contributed by atoms with Crippen molar-refractivity contribution in [3.05, 3.63) is 33.9 Å². The molecule has 6 heteroatoms. The Bertz CT molecular complexity index is 403. The fourth-order valence-corrected chi connectivity index (χ4v) is 1.06. The Labute approximate surface area is 85.8 Å². The van der Waals surface area contributed by atoms with Gasteiger partial charge in [0.25, 0.3) is 5.69 Å². The maximum atomic E-state index is 11.3. The number of ether oxygens (including phenoxy) is 1. The highest BCUT2D eigenvalue weighted by atomic mass is 16.6.